The van der Waals surface area contributed by atoms with E-state index >= 15 is 0 Å². The summed E-state index contributed by atoms with van der Waals surface area (Å²) in [6, 6.07) is 39.9. The fourth-order valence-electron chi connectivity index (χ4n) is 6.31. The minimum absolute atomic E-state index is 0.114. The molecular formula is C46H31NO. The maximum absolute atomic E-state index is 9.38. The van der Waals surface area contributed by atoms with Gasteiger partial charge in [0.25, 0.3) is 0 Å². The van der Waals surface area contributed by atoms with Gasteiger partial charge in [-0.15, -0.1) is 0 Å². The van der Waals surface area contributed by atoms with E-state index in [0.29, 0.717) is 22.4 Å². The molecule has 0 saturated carbocycles. The summed E-state index contributed by atoms with van der Waals surface area (Å²) in [4.78, 5) is 1.34. The molecule has 0 bridgehead atoms. The van der Waals surface area contributed by atoms with Gasteiger partial charge in [-0.25, -0.2) is 0 Å². The second kappa shape index (κ2) is 11.8. The Hall–Kier alpha value is -6.38. The van der Waals surface area contributed by atoms with Crippen LogP contribution in [0.4, 0.5) is 17.1 Å². The molecule has 2 heteroatoms. The van der Waals surface area contributed by atoms with Gasteiger partial charge in [0.05, 0.1) is 11.0 Å². The highest BCUT2D eigenvalue weighted by Crippen LogP contribution is 2.42. The van der Waals surface area contributed by atoms with E-state index in [0.717, 1.165) is 38.3 Å². The average molecular weight is 622 g/mol. The first-order chi connectivity index (χ1) is 27.2. The number of furan rings is 1. The predicted molar refractivity (Wildman–Crippen MR) is 202 cm³/mol. The SMILES string of the molecule is [2H]c1c([2H])c(N(c2cccc(-c3cccc4oc5c6ccccc6ccc5c34)c2)c2c([2H])c([2H])c(-c3ccccc3)c([2H])c2[2H])c([2H])c([2H])c1-c1ccccc1. The van der Waals surface area contributed by atoms with Gasteiger partial charge < -0.3 is 9.32 Å². The van der Waals surface area contributed by atoms with E-state index in [1.165, 1.54) is 4.90 Å². The predicted octanol–water partition coefficient (Wildman–Crippen LogP) is 13.2. The van der Waals surface area contributed by atoms with Crippen LogP contribution in [0.15, 0.2) is 192 Å². The second-order valence-electron chi connectivity index (χ2n) is 11.5. The number of anilines is 3. The van der Waals surface area contributed by atoms with Crippen LogP contribution in [0.5, 0.6) is 0 Å². The van der Waals surface area contributed by atoms with Crippen molar-refractivity contribution in [2.24, 2.45) is 0 Å². The summed E-state index contributed by atoms with van der Waals surface area (Å²) in [5.74, 6) is 0. The first-order valence-corrected chi connectivity index (χ1v) is 15.7. The van der Waals surface area contributed by atoms with Crippen LogP contribution in [-0.4, -0.2) is 0 Å². The Balaban J connectivity index is 1.32. The largest absolute Gasteiger partial charge is 0.455 e. The fourth-order valence-corrected chi connectivity index (χ4v) is 6.31. The van der Waals surface area contributed by atoms with Crippen LogP contribution in [0.3, 0.4) is 0 Å². The third-order valence-electron chi connectivity index (χ3n) is 8.60. The molecule has 226 valence electrons. The molecule has 0 amide bonds. The number of hydrogen-bond donors (Lipinski definition) is 0. The number of nitrogens with zero attached hydrogens (tertiary/aromatic N) is 1. The molecule has 1 heterocycles. The minimum atomic E-state index is -0.394. The summed E-state index contributed by atoms with van der Waals surface area (Å²) in [5, 5.41) is 3.83. The molecule has 8 aromatic carbocycles. The molecule has 0 spiro atoms. The van der Waals surface area contributed by atoms with Gasteiger partial charge in [0.15, 0.2) is 0 Å². The number of benzene rings is 8. The van der Waals surface area contributed by atoms with Crippen molar-refractivity contribution in [1.29, 1.82) is 0 Å². The Bertz CT molecular complexity index is 2850. The van der Waals surface area contributed by atoms with E-state index in [9.17, 15) is 5.48 Å². The minimum Gasteiger partial charge on any atom is -0.455 e. The van der Waals surface area contributed by atoms with Crippen LogP contribution in [0.25, 0.3) is 66.1 Å². The van der Waals surface area contributed by atoms with Gasteiger partial charge in [0, 0.05) is 33.2 Å². The fraction of sp³-hybridized carbons (Fsp3) is 0. The Kier molecular flexibility index (Phi) is 5.07. The van der Waals surface area contributed by atoms with Crippen LogP contribution < -0.4 is 4.90 Å². The molecule has 0 aliphatic rings. The topological polar surface area (TPSA) is 16.4 Å². The molecule has 0 N–H and O–H groups in total. The average Bonchev–Trinajstić information content (AvgIpc) is 3.62. The van der Waals surface area contributed by atoms with Crippen molar-refractivity contribution in [2.45, 2.75) is 0 Å². The molecule has 0 fully saturated rings. The van der Waals surface area contributed by atoms with Gasteiger partial charge in [-0.3, -0.25) is 0 Å². The van der Waals surface area contributed by atoms with Crippen molar-refractivity contribution < 1.29 is 15.4 Å². The lowest BCUT2D eigenvalue weighted by Gasteiger charge is -2.26. The zero-order valence-electron chi connectivity index (χ0n) is 33.6. The van der Waals surface area contributed by atoms with Gasteiger partial charge >= 0.3 is 0 Å². The van der Waals surface area contributed by atoms with Gasteiger partial charge in [0.2, 0.25) is 0 Å². The molecular weight excluding hydrogens is 583 g/mol. The molecule has 2 nitrogen and oxygen atoms in total. The number of hydrogen-bond acceptors (Lipinski definition) is 2. The smallest absolute Gasteiger partial charge is 0.143 e. The Morgan fingerprint density at radius 3 is 1.67 bits per heavy atom. The summed E-state index contributed by atoms with van der Waals surface area (Å²) >= 11 is 0. The molecule has 0 atom stereocenters. The summed E-state index contributed by atoms with van der Waals surface area (Å²) in [5.41, 5.74) is 4.15. The maximum Gasteiger partial charge on any atom is 0.143 e. The summed E-state index contributed by atoms with van der Waals surface area (Å²) in [6.07, 6.45) is 0. The van der Waals surface area contributed by atoms with Crippen molar-refractivity contribution in [3.63, 3.8) is 0 Å². The first kappa shape index (κ1) is 20.7. The second-order valence-corrected chi connectivity index (χ2v) is 11.5. The molecule has 9 aromatic rings. The number of rotatable bonds is 6. The van der Waals surface area contributed by atoms with Crippen LogP contribution in [0, 0.1) is 0 Å². The third-order valence-corrected chi connectivity index (χ3v) is 8.60. The molecule has 9 rings (SSSR count). The summed E-state index contributed by atoms with van der Waals surface area (Å²) in [7, 11) is 0. The Morgan fingerprint density at radius 2 is 1.00 bits per heavy atom. The highest BCUT2D eigenvalue weighted by Gasteiger charge is 2.17. The van der Waals surface area contributed by atoms with E-state index in [4.69, 9.17) is 9.90 Å². The van der Waals surface area contributed by atoms with Crippen LogP contribution in [0.2, 0.25) is 0 Å². The van der Waals surface area contributed by atoms with E-state index in [2.05, 4.69) is 6.07 Å². The lowest BCUT2D eigenvalue weighted by Crippen LogP contribution is -2.10. The van der Waals surface area contributed by atoms with E-state index in [-0.39, 0.29) is 46.7 Å². The maximum atomic E-state index is 9.38. The molecule has 0 unspecified atom stereocenters. The van der Waals surface area contributed by atoms with Crippen molar-refractivity contribution in [3.05, 3.63) is 188 Å². The molecule has 0 aliphatic carbocycles. The van der Waals surface area contributed by atoms with E-state index in [1.54, 1.807) is 72.8 Å². The van der Waals surface area contributed by atoms with Crippen molar-refractivity contribution in [3.8, 4) is 33.4 Å². The zero-order valence-corrected chi connectivity index (χ0v) is 25.6. The lowest BCUT2D eigenvalue weighted by molar-refractivity contribution is 0.673. The van der Waals surface area contributed by atoms with Gasteiger partial charge in [-0.2, -0.15) is 0 Å². The van der Waals surface area contributed by atoms with Gasteiger partial charge in [-0.05, 0) is 87.2 Å². The van der Waals surface area contributed by atoms with E-state index in [1.807, 2.05) is 60.7 Å². The van der Waals surface area contributed by atoms with Gasteiger partial charge in [0.1, 0.15) is 11.2 Å². The molecule has 48 heavy (non-hydrogen) atoms. The Morgan fingerprint density at radius 1 is 0.417 bits per heavy atom. The summed E-state index contributed by atoms with van der Waals surface area (Å²) < 4.78 is 80.6. The van der Waals surface area contributed by atoms with Crippen LogP contribution in [-0.2, 0) is 0 Å². The van der Waals surface area contributed by atoms with Crippen molar-refractivity contribution >= 4 is 49.8 Å². The third kappa shape index (κ3) is 4.92. The van der Waals surface area contributed by atoms with Crippen molar-refractivity contribution in [1.82, 2.24) is 0 Å². The molecule has 0 radical (unpaired) electrons. The quantitative estimate of drug-likeness (QED) is 0.184. The molecule has 0 saturated heterocycles. The molecule has 0 aliphatic heterocycles. The number of fused-ring (bicyclic) bond motifs is 5. The summed E-state index contributed by atoms with van der Waals surface area (Å²) in [6.45, 7) is 0. The first-order valence-electron chi connectivity index (χ1n) is 19.7. The van der Waals surface area contributed by atoms with Crippen LogP contribution >= 0.6 is 0 Å². The van der Waals surface area contributed by atoms with Crippen molar-refractivity contribution in [2.75, 3.05) is 4.90 Å². The van der Waals surface area contributed by atoms with Gasteiger partial charge in [-0.1, -0.05) is 139 Å². The van der Waals surface area contributed by atoms with Crippen LogP contribution in [0.1, 0.15) is 11.0 Å². The highest BCUT2D eigenvalue weighted by molar-refractivity contribution is 6.19. The zero-order chi connectivity index (χ0) is 38.8. The standard InChI is InChI=1S/C46H31NO/c1-3-11-32(12-4-1)34-21-26-38(27-22-34)47(39-28-23-35(24-29-39)33-13-5-2-6-14-33)40-17-9-16-37(31-40)41-19-10-20-44-45(41)43-30-25-36-15-7-8-18-42(36)46(43)48-44/h1-31H/i21D,22D,23D,24D,26D,27D,28D,29D. The van der Waals surface area contributed by atoms with E-state index < -0.39 is 24.2 Å². The Labute approximate surface area is 291 Å². The highest BCUT2D eigenvalue weighted by atomic mass is 16.3. The normalized spacial score (nSPS) is 13.7. The monoisotopic (exact) mass is 621 g/mol. The molecule has 1 aromatic heterocycles. The lowest BCUT2D eigenvalue weighted by atomic mass is 9.97.